The van der Waals surface area contributed by atoms with Crippen LogP contribution in [0.2, 0.25) is 0 Å². The number of rotatable bonds is 2. The molecule has 0 fully saturated rings. The first-order valence-corrected chi connectivity index (χ1v) is 5.72. The van der Waals surface area contributed by atoms with Gasteiger partial charge in [0.05, 0.1) is 5.54 Å². The molecule has 2 N–H and O–H groups in total. The van der Waals surface area contributed by atoms with Gasteiger partial charge in [-0.05, 0) is 10.8 Å². The lowest BCUT2D eigenvalue weighted by Crippen LogP contribution is -2.66. The van der Waals surface area contributed by atoms with E-state index in [9.17, 15) is 19.8 Å². The highest BCUT2D eigenvalue weighted by molar-refractivity contribution is 5.87. The van der Waals surface area contributed by atoms with Crippen LogP contribution in [-0.2, 0) is 0 Å². The second kappa shape index (κ2) is 4.63. The monoisotopic (exact) mass is 257 g/mol. The quantitative estimate of drug-likeness (QED) is 0.740. The largest absolute Gasteiger partial charge is 0.464 e. The van der Waals surface area contributed by atoms with Crippen molar-refractivity contribution in [3.63, 3.8) is 0 Å². The van der Waals surface area contributed by atoms with E-state index < -0.39 is 28.6 Å². The van der Waals surface area contributed by atoms with Gasteiger partial charge in [0.25, 0.3) is 0 Å². The molecular weight excluding hydrogens is 234 g/mol. The SMILES string of the molecule is C=CC(N(C(=O)O)C(=O)O)(C(C)(C)C)C(C)(C)C. The number of hydrogen-bond acceptors (Lipinski definition) is 2. The van der Waals surface area contributed by atoms with E-state index in [4.69, 9.17) is 0 Å². The molecule has 0 spiro atoms. The normalized spacial score (nSPS) is 13.0. The van der Waals surface area contributed by atoms with Gasteiger partial charge in [-0.25, -0.2) is 14.5 Å². The molecule has 5 heteroatoms. The molecular formula is C13H23NO4. The van der Waals surface area contributed by atoms with Crippen LogP contribution in [0, 0.1) is 10.8 Å². The maximum atomic E-state index is 11.3. The average Bonchev–Trinajstić information content (AvgIpc) is 2.07. The molecule has 0 radical (unpaired) electrons. The number of amides is 2. The van der Waals surface area contributed by atoms with Gasteiger partial charge >= 0.3 is 12.2 Å². The lowest BCUT2D eigenvalue weighted by atomic mass is 9.59. The molecule has 2 amide bonds. The summed E-state index contributed by atoms with van der Waals surface area (Å²) in [6.07, 6.45) is -1.56. The van der Waals surface area contributed by atoms with Crippen molar-refractivity contribution in [1.82, 2.24) is 4.90 Å². The molecule has 0 aliphatic rings. The summed E-state index contributed by atoms with van der Waals surface area (Å²) < 4.78 is 0. The first-order chi connectivity index (χ1) is 7.83. The standard InChI is InChI=1S/C13H23NO4/c1-8-13(11(2,3)4,12(5,6)7)14(9(15)16)10(17)18/h8H,1H2,2-7H3,(H,15,16)(H,17,18). The van der Waals surface area contributed by atoms with Gasteiger partial charge in [0.1, 0.15) is 0 Å². The fraction of sp³-hybridized carbons (Fsp3) is 0.692. The lowest BCUT2D eigenvalue weighted by molar-refractivity contribution is -0.0263. The summed E-state index contributed by atoms with van der Waals surface area (Å²) in [7, 11) is 0. The maximum Gasteiger partial charge on any atom is 0.417 e. The highest BCUT2D eigenvalue weighted by atomic mass is 16.4. The van der Waals surface area contributed by atoms with Crippen LogP contribution in [0.1, 0.15) is 41.5 Å². The Kier molecular flexibility index (Phi) is 4.24. The van der Waals surface area contributed by atoms with Crippen molar-refractivity contribution in [1.29, 1.82) is 0 Å². The second-order valence-corrected chi connectivity index (χ2v) is 6.37. The van der Waals surface area contributed by atoms with E-state index in [0.717, 1.165) is 0 Å². The predicted octanol–water partition coefficient (Wildman–Crippen LogP) is 3.66. The highest BCUT2D eigenvalue weighted by Crippen LogP contribution is 2.49. The lowest BCUT2D eigenvalue weighted by Gasteiger charge is -2.54. The molecule has 18 heavy (non-hydrogen) atoms. The van der Waals surface area contributed by atoms with Crippen molar-refractivity contribution in [2.45, 2.75) is 47.1 Å². The molecule has 0 heterocycles. The van der Waals surface area contributed by atoms with Crippen LogP contribution in [0.3, 0.4) is 0 Å². The van der Waals surface area contributed by atoms with E-state index in [0.29, 0.717) is 4.90 Å². The smallest absolute Gasteiger partial charge is 0.417 e. The third kappa shape index (κ3) is 2.35. The fourth-order valence-electron chi connectivity index (χ4n) is 2.88. The Hall–Kier alpha value is -1.52. The maximum absolute atomic E-state index is 11.3. The molecule has 0 aliphatic carbocycles. The van der Waals surface area contributed by atoms with Gasteiger partial charge in [-0.15, -0.1) is 6.58 Å². The summed E-state index contributed by atoms with van der Waals surface area (Å²) in [5.41, 5.74) is -2.47. The minimum atomic E-state index is -1.49. The van der Waals surface area contributed by atoms with Crippen molar-refractivity contribution in [3.8, 4) is 0 Å². The van der Waals surface area contributed by atoms with Gasteiger partial charge in [-0.2, -0.15) is 0 Å². The number of hydrogen-bond donors (Lipinski definition) is 2. The van der Waals surface area contributed by atoms with Crippen molar-refractivity contribution < 1.29 is 19.8 Å². The topological polar surface area (TPSA) is 77.8 Å². The molecule has 0 saturated heterocycles. The Morgan fingerprint density at radius 1 is 0.944 bits per heavy atom. The first kappa shape index (κ1) is 16.5. The van der Waals surface area contributed by atoms with Crippen LogP contribution in [0.4, 0.5) is 9.59 Å². The summed E-state index contributed by atoms with van der Waals surface area (Å²) in [4.78, 5) is 23.1. The summed E-state index contributed by atoms with van der Waals surface area (Å²) >= 11 is 0. The van der Waals surface area contributed by atoms with Gasteiger partial charge in [0.15, 0.2) is 0 Å². The highest BCUT2D eigenvalue weighted by Gasteiger charge is 2.57. The molecule has 0 rings (SSSR count). The number of carbonyl (C=O) groups is 2. The third-order valence-electron chi connectivity index (χ3n) is 3.32. The summed E-state index contributed by atoms with van der Waals surface area (Å²) in [5, 5.41) is 18.5. The summed E-state index contributed by atoms with van der Waals surface area (Å²) in [5.74, 6) is 0. The Balaban J connectivity index is 6.29. The van der Waals surface area contributed by atoms with Crippen LogP contribution in [0.5, 0.6) is 0 Å². The van der Waals surface area contributed by atoms with Crippen LogP contribution >= 0.6 is 0 Å². The van der Waals surface area contributed by atoms with Crippen molar-refractivity contribution in [2.24, 2.45) is 10.8 Å². The summed E-state index contributed by atoms with van der Waals surface area (Å²) in [6.45, 7) is 14.5. The van der Waals surface area contributed by atoms with E-state index >= 15 is 0 Å². The van der Waals surface area contributed by atoms with Crippen LogP contribution in [-0.4, -0.2) is 32.8 Å². The molecule has 104 valence electrons. The van der Waals surface area contributed by atoms with Crippen LogP contribution in [0.15, 0.2) is 12.7 Å². The molecule has 0 aromatic heterocycles. The molecule has 0 atom stereocenters. The second-order valence-electron chi connectivity index (χ2n) is 6.37. The Morgan fingerprint density at radius 2 is 1.22 bits per heavy atom. The van der Waals surface area contributed by atoms with Gasteiger partial charge in [-0.1, -0.05) is 47.6 Å². The predicted molar refractivity (Wildman–Crippen MR) is 69.7 cm³/mol. The van der Waals surface area contributed by atoms with E-state index in [1.807, 2.05) is 0 Å². The molecule has 0 aliphatic heterocycles. The molecule has 0 aromatic rings. The fourth-order valence-corrected chi connectivity index (χ4v) is 2.88. The Bertz CT molecular complexity index is 332. The van der Waals surface area contributed by atoms with E-state index in [2.05, 4.69) is 6.58 Å². The molecule has 0 unspecified atom stereocenters. The van der Waals surface area contributed by atoms with Crippen molar-refractivity contribution in [2.75, 3.05) is 0 Å². The average molecular weight is 257 g/mol. The number of nitrogens with zero attached hydrogens (tertiary/aromatic N) is 1. The zero-order valence-corrected chi connectivity index (χ0v) is 11.9. The van der Waals surface area contributed by atoms with Gasteiger partial charge < -0.3 is 10.2 Å². The van der Waals surface area contributed by atoms with E-state index in [1.165, 1.54) is 6.08 Å². The van der Waals surface area contributed by atoms with E-state index in [-0.39, 0.29) is 0 Å². The zero-order chi connectivity index (χ0) is 14.9. The Labute approximate surface area is 108 Å². The molecule has 5 nitrogen and oxygen atoms in total. The summed E-state index contributed by atoms with van der Waals surface area (Å²) in [6, 6.07) is 0. The molecule has 0 bridgehead atoms. The zero-order valence-electron chi connectivity index (χ0n) is 11.9. The van der Waals surface area contributed by atoms with Crippen LogP contribution < -0.4 is 0 Å². The minimum absolute atomic E-state index is 0.458. The number of imide groups is 1. The van der Waals surface area contributed by atoms with E-state index in [1.54, 1.807) is 41.5 Å². The first-order valence-electron chi connectivity index (χ1n) is 5.72. The number of carboxylic acid groups (broad SMARTS) is 2. The third-order valence-corrected chi connectivity index (χ3v) is 3.32. The molecule has 0 saturated carbocycles. The van der Waals surface area contributed by atoms with Crippen molar-refractivity contribution in [3.05, 3.63) is 12.7 Å². The Morgan fingerprint density at radius 3 is 1.28 bits per heavy atom. The van der Waals surface area contributed by atoms with Crippen molar-refractivity contribution >= 4 is 12.2 Å². The van der Waals surface area contributed by atoms with Gasteiger partial charge in [-0.3, -0.25) is 0 Å². The minimum Gasteiger partial charge on any atom is -0.464 e. The van der Waals surface area contributed by atoms with Gasteiger partial charge in [0.2, 0.25) is 0 Å². The molecule has 0 aromatic carbocycles. The van der Waals surface area contributed by atoms with Gasteiger partial charge in [0, 0.05) is 0 Å². The van der Waals surface area contributed by atoms with Crippen LogP contribution in [0.25, 0.3) is 0 Å².